The molecule has 0 radical (unpaired) electrons. The monoisotopic (exact) mass is 237 g/mol. The predicted molar refractivity (Wildman–Crippen MR) is 63.2 cm³/mol. The molecular formula is C13H16FNO2. The molecule has 1 N–H and O–H groups in total. The number of aldehydes is 1. The third-order valence-corrected chi connectivity index (χ3v) is 2.31. The molecule has 92 valence electrons. The van der Waals surface area contributed by atoms with E-state index in [1.54, 1.807) is 0 Å². The van der Waals surface area contributed by atoms with Gasteiger partial charge in [0.25, 0.3) is 5.91 Å². The van der Waals surface area contributed by atoms with Crippen LogP contribution in [0.3, 0.4) is 0 Å². The fourth-order valence-electron chi connectivity index (χ4n) is 1.51. The van der Waals surface area contributed by atoms with E-state index in [9.17, 15) is 14.0 Å². The van der Waals surface area contributed by atoms with Gasteiger partial charge >= 0.3 is 0 Å². The zero-order valence-electron chi connectivity index (χ0n) is 9.94. The van der Waals surface area contributed by atoms with Crippen LogP contribution in [0.15, 0.2) is 24.3 Å². The summed E-state index contributed by atoms with van der Waals surface area (Å²) in [6.07, 6.45) is 1.32. The lowest BCUT2D eigenvalue weighted by Crippen LogP contribution is -2.36. The van der Waals surface area contributed by atoms with E-state index >= 15 is 0 Å². The average molecular weight is 237 g/mol. The molecule has 0 aliphatic heterocycles. The second kappa shape index (κ2) is 6.13. The average Bonchev–Trinajstić information content (AvgIpc) is 2.28. The lowest BCUT2D eigenvalue weighted by Gasteiger charge is -2.14. The Morgan fingerprint density at radius 1 is 1.35 bits per heavy atom. The minimum atomic E-state index is -0.493. The van der Waals surface area contributed by atoms with Gasteiger partial charge < -0.3 is 10.1 Å². The van der Waals surface area contributed by atoms with Crippen molar-refractivity contribution in [2.24, 2.45) is 5.92 Å². The van der Waals surface area contributed by atoms with E-state index < -0.39 is 11.9 Å². The summed E-state index contributed by atoms with van der Waals surface area (Å²) in [4.78, 5) is 22.5. The van der Waals surface area contributed by atoms with Crippen molar-refractivity contribution in [2.45, 2.75) is 26.3 Å². The maximum atomic E-state index is 12.7. The summed E-state index contributed by atoms with van der Waals surface area (Å²) in [5.74, 6) is -0.433. The van der Waals surface area contributed by atoms with E-state index in [1.807, 2.05) is 13.8 Å². The number of rotatable bonds is 5. The number of hydrogen-bond donors (Lipinski definition) is 1. The van der Waals surface area contributed by atoms with E-state index in [2.05, 4.69) is 5.32 Å². The molecule has 0 bridgehead atoms. The Kier molecular flexibility index (Phi) is 4.82. The summed E-state index contributed by atoms with van der Waals surface area (Å²) in [5.41, 5.74) is 0.349. The standard InChI is InChI=1S/C13H16FNO2/c1-9(2)7-12(8-16)15-13(17)10-3-5-11(14)6-4-10/h3-6,8-9,12H,7H2,1-2H3,(H,15,17)/t12-/m0/s1. The highest BCUT2D eigenvalue weighted by atomic mass is 19.1. The molecule has 1 aromatic rings. The second-order valence-electron chi connectivity index (χ2n) is 4.35. The van der Waals surface area contributed by atoms with Gasteiger partial charge in [-0.2, -0.15) is 0 Å². The van der Waals surface area contributed by atoms with Crippen molar-refractivity contribution in [1.82, 2.24) is 5.32 Å². The first-order valence-electron chi connectivity index (χ1n) is 5.54. The normalized spacial score (nSPS) is 12.2. The first-order valence-corrected chi connectivity index (χ1v) is 5.54. The number of amides is 1. The Bertz CT molecular complexity index is 387. The molecule has 0 aliphatic carbocycles. The third kappa shape index (κ3) is 4.34. The summed E-state index contributed by atoms with van der Waals surface area (Å²) in [7, 11) is 0. The fraction of sp³-hybridized carbons (Fsp3) is 0.385. The molecule has 1 rings (SSSR count). The Morgan fingerprint density at radius 3 is 2.41 bits per heavy atom. The van der Waals surface area contributed by atoms with Crippen molar-refractivity contribution in [2.75, 3.05) is 0 Å². The van der Waals surface area contributed by atoms with Gasteiger partial charge in [0.2, 0.25) is 0 Å². The molecule has 0 spiro atoms. The molecule has 0 unspecified atom stereocenters. The molecule has 0 aliphatic rings. The van der Waals surface area contributed by atoms with Crippen molar-refractivity contribution in [3.63, 3.8) is 0 Å². The van der Waals surface area contributed by atoms with Crippen LogP contribution in [0.25, 0.3) is 0 Å². The maximum Gasteiger partial charge on any atom is 0.251 e. The van der Waals surface area contributed by atoms with Crippen molar-refractivity contribution in [1.29, 1.82) is 0 Å². The van der Waals surface area contributed by atoms with Crippen LogP contribution in [0, 0.1) is 11.7 Å². The van der Waals surface area contributed by atoms with Crippen LogP contribution in [-0.2, 0) is 4.79 Å². The van der Waals surface area contributed by atoms with E-state index in [0.717, 1.165) is 6.29 Å². The van der Waals surface area contributed by atoms with Crippen LogP contribution in [0.1, 0.15) is 30.6 Å². The highest BCUT2D eigenvalue weighted by molar-refractivity contribution is 5.95. The molecule has 0 saturated heterocycles. The molecule has 17 heavy (non-hydrogen) atoms. The van der Waals surface area contributed by atoms with Gasteiger partial charge in [-0.3, -0.25) is 4.79 Å². The van der Waals surface area contributed by atoms with Crippen LogP contribution in [-0.4, -0.2) is 18.2 Å². The van der Waals surface area contributed by atoms with Gasteiger partial charge in [-0.15, -0.1) is 0 Å². The molecule has 1 atom stereocenters. The van der Waals surface area contributed by atoms with E-state index in [-0.39, 0.29) is 5.91 Å². The smallest absolute Gasteiger partial charge is 0.251 e. The van der Waals surface area contributed by atoms with Crippen LogP contribution < -0.4 is 5.32 Å². The van der Waals surface area contributed by atoms with Gasteiger partial charge in [-0.25, -0.2) is 4.39 Å². The number of carbonyl (C=O) groups is 2. The van der Waals surface area contributed by atoms with Crippen molar-refractivity contribution >= 4 is 12.2 Å². The minimum absolute atomic E-state index is 0.318. The molecule has 1 aromatic carbocycles. The van der Waals surface area contributed by atoms with Crippen molar-refractivity contribution in [3.8, 4) is 0 Å². The van der Waals surface area contributed by atoms with Crippen LogP contribution in [0.4, 0.5) is 4.39 Å². The summed E-state index contributed by atoms with van der Waals surface area (Å²) in [6, 6.07) is 4.72. The molecule has 0 fully saturated rings. The molecule has 4 heteroatoms. The molecular weight excluding hydrogens is 221 g/mol. The lowest BCUT2D eigenvalue weighted by atomic mass is 10.0. The van der Waals surface area contributed by atoms with Crippen LogP contribution in [0.5, 0.6) is 0 Å². The molecule has 0 saturated carbocycles. The number of carbonyl (C=O) groups excluding carboxylic acids is 2. The summed E-state index contributed by atoms with van der Waals surface area (Å²) in [5, 5.41) is 2.60. The molecule has 0 aromatic heterocycles. The summed E-state index contributed by atoms with van der Waals surface area (Å²) in [6.45, 7) is 3.95. The third-order valence-electron chi connectivity index (χ3n) is 2.31. The van der Waals surface area contributed by atoms with Gasteiger partial charge in [0, 0.05) is 5.56 Å². The first kappa shape index (κ1) is 13.4. The molecule has 0 heterocycles. The highest BCUT2D eigenvalue weighted by Gasteiger charge is 2.14. The van der Waals surface area contributed by atoms with Gasteiger partial charge in [0.05, 0.1) is 6.04 Å². The van der Waals surface area contributed by atoms with Crippen molar-refractivity contribution in [3.05, 3.63) is 35.6 Å². The van der Waals surface area contributed by atoms with Gasteiger partial charge in [0.15, 0.2) is 0 Å². The molecule has 3 nitrogen and oxygen atoms in total. The van der Waals surface area contributed by atoms with Crippen LogP contribution >= 0.6 is 0 Å². The summed E-state index contributed by atoms with van der Waals surface area (Å²) >= 11 is 0. The molecule has 1 amide bonds. The summed E-state index contributed by atoms with van der Waals surface area (Å²) < 4.78 is 12.7. The second-order valence-corrected chi connectivity index (χ2v) is 4.35. The first-order chi connectivity index (χ1) is 8.02. The Balaban J connectivity index is 2.64. The lowest BCUT2D eigenvalue weighted by molar-refractivity contribution is -0.109. The topological polar surface area (TPSA) is 46.2 Å². The largest absolute Gasteiger partial charge is 0.343 e. The zero-order valence-corrected chi connectivity index (χ0v) is 9.94. The van der Waals surface area contributed by atoms with E-state index in [1.165, 1.54) is 24.3 Å². The van der Waals surface area contributed by atoms with Crippen molar-refractivity contribution < 1.29 is 14.0 Å². The SMILES string of the molecule is CC(C)C[C@@H](C=O)NC(=O)c1ccc(F)cc1. The van der Waals surface area contributed by atoms with E-state index in [4.69, 9.17) is 0 Å². The van der Waals surface area contributed by atoms with Crippen LogP contribution in [0.2, 0.25) is 0 Å². The minimum Gasteiger partial charge on any atom is -0.343 e. The Morgan fingerprint density at radius 2 is 1.94 bits per heavy atom. The number of halogens is 1. The number of hydrogen-bond acceptors (Lipinski definition) is 2. The maximum absolute atomic E-state index is 12.7. The quantitative estimate of drug-likeness (QED) is 0.798. The predicted octanol–water partition coefficient (Wildman–Crippen LogP) is 2.17. The number of nitrogens with one attached hydrogen (secondary N) is 1. The zero-order chi connectivity index (χ0) is 12.8. The van der Waals surface area contributed by atoms with E-state index in [0.29, 0.717) is 17.9 Å². The highest BCUT2D eigenvalue weighted by Crippen LogP contribution is 2.06. The van der Waals surface area contributed by atoms with Gasteiger partial charge in [-0.1, -0.05) is 13.8 Å². The fourth-order valence-corrected chi connectivity index (χ4v) is 1.51. The Hall–Kier alpha value is -1.71. The van der Waals surface area contributed by atoms with Gasteiger partial charge in [0.1, 0.15) is 12.1 Å². The van der Waals surface area contributed by atoms with Gasteiger partial charge in [-0.05, 0) is 36.6 Å². The number of benzene rings is 1. The Labute approximate surface area is 100 Å².